The van der Waals surface area contributed by atoms with Crippen LogP contribution in [0.25, 0.3) is 0 Å². The van der Waals surface area contributed by atoms with Crippen LogP contribution in [0.5, 0.6) is 0 Å². The zero-order valence-corrected chi connectivity index (χ0v) is 10.9. The van der Waals surface area contributed by atoms with Crippen LogP contribution >= 0.6 is 0 Å². The molecule has 0 aliphatic rings. The summed E-state index contributed by atoms with van der Waals surface area (Å²) in [6.07, 6.45) is 3.42. The molecule has 0 aliphatic carbocycles. The molecule has 0 saturated heterocycles. The summed E-state index contributed by atoms with van der Waals surface area (Å²) < 4.78 is 1.61. The summed E-state index contributed by atoms with van der Waals surface area (Å²) in [6, 6.07) is 11.0. The predicted octanol–water partition coefficient (Wildman–Crippen LogP) is 1.26. The molecule has 100 valence electrons. The Balaban J connectivity index is 1.87. The summed E-state index contributed by atoms with van der Waals surface area (Å²) in [7, 11) is 0. The van der Waals surface area contributed by atoms with Gasteiger partial charge in [0.15, 0.2) is 0 Å². The molecule has 1 amide bonds. The third kappa shape index (κ3) is 3.42. The van der Waals surface area contributed by atoms with Gasteiger partial charge >= 0.3 is 0 Å². The summed E-state index contributed by atoms with van der Waals surface area (Å²) in [5, 5.41) is 6.89. The van der Waals surface area contributed by atoms with Gasteiger partial charge in [-0.2, -0.15) is 5.10 Å². The van der Waals surface area contributed by atoms with Gasteiger partial charge in [-0.25, -0.2) is 0 Å². The molecule has 0 spiro atoms. The molecule has 5 nitrogen and oxygen atoms in total. The average Bonchev–Trinajstić information content (AvgIpc) is 2.98. The Labute approximate surface area is 112 Å². The van der Waals surface area contributed by atoms with E-state index in [9.17, 15) is 4.79 Å². The fraction of sp³-hybridized carbons (Fsp3) is 0.286. The van der Waals surface area contributed by atoms with Crippen molar-refractivity contribution in [1.82, 2.24) is 15.1 Å². The highest BCUT2D eigenvalue weighted by molar-refractivity contribution is 5.79. The van der Waals surface area contributed by atoms with Gasteiger partial charge in [0.1, 0.15) is 6.04 Å². The number of nitrogens with one attached hydrogen (secondary N) is 1. The van der Waals surface area contributed by atoms with Gasteiger partial charge in [0.2, 0.25) is 5.91 Å². The molecule has 2 aromatic rings. The molecular weight excluding hydrogens is 240 g/mol. The number of benzene rings is 1. The zero-order valence-electron chi connectivity index (χ0n) is 10.9. The van der Waals surface area contributed by atoms with E-state index in [1.54, 1.807) is 30.1 Å². The fourth-order valence-electron chi connectivity index (χ4n) is 1.81. The second kappa shape index (κ2) is 6.15. The molecule has 2 unspecified atom stereocenters. The maximum Gasteiger partial charge on any atom is 0.244 e. The first-order valence-corrected chi connectivity index (χ1v) is 6.26. The van der Waals surface area contributed by atoms with Crippen LogP contribution in [0.1, 0.15) is 24.6 Å². The van der Waals surface area contributed by atoms with Crippen LogP contribution in [0.2, 0.25) is 0 Å². The van der Waals surface area contributed by atoms with Crippen LogP contribution in [0.3, 0.4) is 0 Å². The SMILES string of the molecule is CC(C(=O)NCC(N)c1ccccc1)n1cccn1. The number of amides is 1. The van der Waals surface area contributed by atoms with Gasteiger partial charge in [0.25, 0.3) is 0 Å². The lowest BCUT2D eigenvalue weighted by atomic mass is 10.1. The number of rotatable bonds is 5. The highest BCUT2D eigenvalue weighted by Crippen LogP contribution is 2.09. The number of carbonyl (C=O) groups is 1. The predicted molar refractivity (Wildman–Crippen MR) is 73.3 cm³/mol. The Morgan fingerprint density at radius 1 is 1.37 bits per heavy atom. The Hall–Kier alpha value is -2.14. The van der Waals surface area contributed by atoms with E-state index in [0.29, 0.717) is 6.54 Å². The van der Waals surface area contributed by atoms with Crippen LogP contribution < -0.4 is 11.1 Å². The Morgan fingerprint density at radius 3 is 2.74 bits per heavy atom. The van der Waals surface area contributed by atoms with E-state index in [1.807, 2.05) is 30.3 Å². The molecular formula is C14H18N4O. The molecule has 0 aliphatic heterocycles. The highest BCUT2D eigenvalue weighted by atomic mass is 16.2. The van der Waals surface area contributed by atoms with Crippen molar-refractivity contribution < 1.29 is 4.79 Å². The molecule has 3 N–H and O–H groups in total. The number of nitrogens with two attached hydrogens (primary N) is 1. The summed E-state index contributed by atoms with van der Waals surface area (Å²) in [4.78, 5) is 11.9. The number of hydrogen-bond donors (Lipinski definition) is 2. The minimum Gasteiger partial charge on any atom is -0.352 e. The molecule has 1 aromatic heterocycles. The van der Waals surface area contributed by atoms with Gasteiger partial charge in [-0.15, -0.1) is 0 Å². The summed E-state index contributed by atoms with van der Waals surface area (Å²) >= 11 is 0. The van der Waals surface area contributed by atoms with Crippen molar-refractivity contribution >= 4 is 5.91 Å². The van der Waals surface area contributed by atoms with Gasteiger partial charge in [-0.05, 0) is 18.6 Å². The van der Waals surface area contributed by atoms with Crippen LogP contribution in [-0.4, -0.2) is 22.2 Å². The topological polar surface area (TPSA) is 72.9 Å². The molecule has 19 heavy (non-hydrogen) atoms. The van der Waals surface area contributed by atoms with Crippen molar-refractivity contribution in [1.29, 1.82) is 0 Å². The van der Waals surface area contributed by atoms with E-state index in [1.165, 1.54) is 0 Å². The first kappa shape index (κ1) is 13.3. The maximum absolute atomic E-state index is 11.9. The van der Waals surface area contributed by atoms with E-state index >= 15 is 0 Å². The van der Waals surface area contributed by atoms with E-state index in [2.05, 4.69) is 10.4 Å². The first-order chi connectivity index (χ1) is 9.18. The van der Waals surface area contributed by atoms with Crippen molar-refractivity contribution in [2.45, 2.75) is 19.0 Å². The van der Waals surface area contributed by atoms with Gasteiger partial charge < -0.3 is 11.1 Å². The van der Waals surface area contributed by atoms with E-state index < -0.39 is 0 Å². The molecule has 0 fully saturated rings. The number of aromatic nitrogens is 2. The highest BCUT2D eigenvalue weighted by Gasteiger charge is 2.15. The normalized spacial score (nSPS) is 13.8. The third-order valence-electron chi connectivity index (χ3n) is 3.03. The van der Waals surface area contributed by atoms with Crippen LogP contribution in [0.15, 0.2) is 48.8 Å². The molecule has 5 heteroatoms. The first-order valence-electron chi connectivity index (χ1n) is 6.26. The van der Waals surface area contributed by atoms with Crippen LogP contribution in [0, 0.1) is 0 Å². The van der Waals surface area contributed by atoms with E-state index in [4.69, 9.17) is 5.73 Å². The largest absolute Gasteiger partial charge is 0.352 e. The van der Waals surface area contributed by atoms with E-state index in [0.717, 1.165) is 5.56 Å². The Kier molecular flexibility index (Phi) is 4.30. The van der Waals surface area contributed by atoms with Gasteiger partial charge in [0.05, 0.1) is 0 Å². The lowest BCUT2D eigenvalue weighted by molar-refractivity contribution is -0.124. The van der Waals surface area contributed by atoms with Crippen molar-refractivity contribution in [3.63, 3.8) is 0 Å². The smallest absolute Gasteiger partial charge is 0.244 e. The number of carbonyl (C=O) groups excluding carboxylic acids is 1. The zero-order chi connectivity index (χ0) is 13.7. The van der Waals surface area contributed by atoms with Crippen molar-refractivity contribution in [2.75, 3.05) is 6.54 Å². The molecule has 1 aromatic carbocycles. The molecule has 0 radical (unpaired) electrons. The second-order valence-corrected chi connectivity index (χ2v) is 4.42. The second-order valence-electron chi connectivity index (χ2n) is 4.42. The quantitative estimate of drug-likeness (QED) is 0.848. The minimum absolute atomic E-state index is 0.0879. The monoisotopic (exact) mass is 258 g/mol. The van der Waals surface area contributed by atoms with Crippen LogP contribution in [0.4, 0.5) is 0 Å². The molecule has 0 saturated carbocycles. The summed E-state index contributed by atoms with van der Waals surface area (Å²) in [5.74, 6) is -0.0879. The van der Waals surface area contributed by atoms with E-state index in [-0.39, 0.29) is 18.0 Å². The Bertz CT molecular complexity index is 510. The number of nitrogens with zero attached hydrogens (tertiary/aromatic N) is 2. The third-order valence-corrected chi connectivity index (χ3v) is 3.03. The number of hydrogen-bond acceptors (Lipinski definition) is 3. The van der Waals surface area contributed by atoms with Crippen molar-refractivity contribution in [3.8, 4) is 0 Å². The van der Waals surface area contributed by atoms with Crippen molar-refractivity contribution in [3.05, 3.63) is 54.4 Å². The molecule has 0 bridgehead atoms. The fourth-order valence-corrected chi connectivity index (χ4v) is 1.81. The minimum atomic E-state index is -0.335. The Morgan fingerprint density at radius 2 is 2.11 bits per heavy atom. The molecule has 2 atom stereocenters. The molecule has 2 rings (SSSR count). The summed E-state index contributed by atoms with van der Waals surface area (Å²) in [5.41, 5.74) is 7.03. The standard InChI is InChI=1S/C14H18N4O/c1-11(18-9-5-8-17-18)14(19)16-10-13(15)12-6-3-2-4-7-12/h2-9,11,13H,10,15H2,1H3,(H,16,19). The van der Waals surface area contributed by atoms with Crippen LogP contribution in [-0.2, 0) is 4.79 Å². The lowest BCUT2D eigenvalue weighted by Gasteiger charge is -2.16. The average molecular weight is 258 g/mol. The lowest BCUT2D eigenvalue weighted by Crippen LogP contribution is -2.36. The van der Waals surface area contributed by atoms with Gasteiger partial charge in [0, 0.05) is 25.0 Å². The summed E-state index contributed by atoms with van der Waals surface area (Å²) in [6.45, 7) is 2.21. The van der Waals surface area contributed by atoms with Gasteiger partial charge in [-0.1, -0.05) is 30.3 Å². The maximum atomic E-state index is 11.9. The van der Waals surface area contributed by atoms with Crippen molar-refractivity contribution in [2.24, 2.45) is 5.73 Å². The van der Waals surface area contributed by atoms with Gasteiger partial charge in [-0.3, -0.25) is 9.48 Å². The molecule has 1 heterocycles.